The Bertz CT molecular complexity index is 973. The van der Waals surface area contributed by atoms with Gasteiger partial charge in [-0.3, -0.25) is 0 Å². The molecule has 0 heterocycles. The summed E-state index contributed by atoms with van der Waals surface area (Å²) < 4.78 is 42.0. The number of aliphatic hydroxyl groups is 1. The van der Waals surface area contributed by atoms with Gasteiger partial charge < -0.3 is 10.2 Å². The summed E-state index contributed by atoms with van der Waals surface area (Å²) in [6.45, 7) is 3.28. The molecule has 0 radical (unpaired) electrons. The molecule has 5 heteroatoms. The van der Waals surface area contributed by atoms with Crippen molar-refractivity contribution in [2.75, 3.05) is 0 Å². The van der Waals surface area contributed by atoms with Gasteiger partial charge in [-0.15, -0.1) is 0 Å². The van der Waals surface area contributed by atoms with E-state index in [0.29, 0.717) is 16.5 Å². The molecule has 148 valence electrons. The average molecular weight is 388 g/mol. The maximum Gasteiger partial charge on any atom is 0.417 e. The molecule has 0 fully saturated rings. The monoisotopic (exact) mass is 388 g/mol. The molecule has 2 nitrogen and oxygen atoms in total. The largest absolute Gasteiger partial charge is 0.508 e. The second-order valence-corrected chi connectivity index (χ2v) is 7.96. The van der Waals surface area contributed by atoms with Crippen LogP contribution in [0.4, 0.5) is 13.2 Å². The third kappa shape index (κ3) is 3.99. The maximum absolute atomic E-state index is 14.0. The van der Waals surface area contributed by atoms with E-state index in [9.17, 15) is 23.4 Å². The van der Waals surface area contributed by atoms with E-state index in [-0.39, 0.29) is 5.75 Å². The molecule has 28 heavy (non-hydrogen) atoms. The van der Waals surface area contributed by atoms with Crippen molar-refractivity contribution in [2.45, 2.75) is 43.9 Å². The summed E-state index contributed by atoms with van der Waals surface area (Å²) in [5.74, 6) is -0.0184. The number of benzene rings is 3. The van der Waals surface area contributed by atoms with Crippen LogP contribution in [-0.2, 0) is 11.8 Å². The van der Waals surface area contributed by atoms with Crippen molar-refractivity contribution < 1.29 is 23.4 Å². The molecular formula is C23H23F3O2. The molecule has 0 spiro atoms. The molecule has 1 atom stereocenters. The third-order valence-corrected chi connectivity index (χ3v) is 5.25. The van der Waals surface area contributed by atoms with Crippen molar-refractivity contribution in [1.82, 2.24) is 0 Å². The van der Waals surface area contributed by atoms with Crippen molar-refractivity contribution in [3.8, 4) is 5.75 Å². The lowest BCUT2D eigenvalue weighted by molar-refractivity contribution is -0.266. The predicted molar refractivity (Wildman–Crippen MR) is 104 cm³/mol. The molecule has 0 aliphatic heterocycles. The summed E-state index contributed by atoms with van der Waals surface area (Å²) in [5, 5.41) is 22.1. The number of fused-ring (bicyclic) bond motifs is 1. The lowest BCUT2D eigenvalue weighted by Gasteiger charge is -2.38. The first-order chi connectivity index (χ1) is 13.0. The number of phenolic OH excluding ortho intramolecular Hbond substituents is 1. The Balaban J connectivity index is 2.01. The first kappa shape index (κ1) is 20.2. The van der Waals surface area contributed by atoms with Gasteiger partial charge in [0.2, 0.25) is 0 Å². The highest BCUT2D eigenvalue weighted by atomic mass is 19.4. The lowest BCUT2D eigenvalue weighted by atomic mass is 9.73. The summed E-state index contributed by atoms with van der Waals surface area (Å²) >= 11 is 0. The van der Waals surface area contributed by atoms with Gasteiger partial charge in [0.1, 0.15) is 5.75 Å². The molecule has 3 aromatic rings. The van der Waals surface area contributed by atoms with Gasteiger partial charge in [-0.05, 0) is 45.9 Å². The quantitative estimate of drug-likeness (QED) is 0.584. The fourth-order valence-corrected chi connectivity index (χ4v) is 3.78. The molecule has 3 rings (SSSR count). The Hall–Kier alpha value is -2.53. The Morgan fingerprint density at radius 2 is 1.50 bits per heavy atom. The highest BCUT2D eigenvalue weighted by Crippen LogP contribution is 2.44. The average Bonchev–Trinajstić information content (AvgIpc) is 2.61. The Morgan fingerprint density at radius 3 is 2.18 bits per heavy atom. The zero-order chi connectivity index (χ0) is 20.6. The minimum absolute atomic E-state index is 0.0184. The van der Waals surface area contributed by atoms with E-state index >= 15 is 0 Å². The van der Waals surface area contributed by atoms with Gasteiger partial charge in [0.15, 0.2) is 5.60 Å². The van der Waals surface area contributed by atoms with Crippen LogP contribution in [0.15, 0.2) is 66.7 Å². The fourth-order valence-electron chi connectivity index (χ4n) is 3.78. The van der Waals surface area contributed by atoms with Crippen molar-refractivity contribution in [2.24, 2.45) is 0 Å². The summed E-state index contributed by atoms with van der Waals surface area (Å²) in [4.78, 5) is 0. The van der Waals surface area contributed by atoms with Crippen LogP contribution in [-0.4, -0.2) is 22.0 Å². The van der Waals surface area contributed by atoms with Crippen LogP contribution in [0.2, 0.25) is 0 Å². The number of rotatable bonds is 5. The Morgan fingerprint density at radius 1 is 0.857 bits per heavy atom. The van der Waals surface area contributed by atoms with Gasteiger partial charge in [0, 0.05) is 6.42 Å². The summed E-state index contributed by atoms with van der Waals surface area (Å²) in [7, 11) is 0. The molecule has 0 saturated carbocycles. The van der Waals surface area contributed by atoms with Crippen LogP contribution in [0.3, 0.4) is 0 Å². The number of aromatic hydroxyl groups is 1. The van der Waals surface area contributed by atoms with E-state index in [1.165, 1.54) is 12.1 Å². The molecular weight excluding hydrogens is 365 g/mol. The number of alkyl halides is 3. The van der Waals surface area contributed by atoms with Crippen molar-refractivity contribution in [1.29, 1.82) is 0 Å². The molecule has 0 aliphatic rings. The summed E-state index contributed by atoms with van der Waals surface area (Å²) in [6, 6.07) is 18.5. The Kier molecular flexibility index (Phi) is 5.15. The zero-order valence-corrected chi connectivity index (χ0v) is 15.8. The van der Waals surface area contributed by atoms with Gasteiger partial charge >= 0.3 is 6.18 Å². The number of phenols is 1. The van der Waals surface area contributed by atoms with Crippen LogP contribution in [0.1, 0.15) is 31.4 Å². The number of hydrogen-bond donors (Lipinski definition) is 2. The van der Waals surface area contributed by atoms with Crippen molar-refractivity contribution in [3.63, 3.8) is 0 Å². The second-order valence-electron chi connectivity index (χ2n) is 7.96. The first-order valence-corrected chi connectivity index (χ1v) is 9.07. The normalized spacial score (nSPS) is 14.8. The molecule has 0 aliphatic carbocycles. The maximum atomic E-state index is 14.0. The van der Waals surface area contributed by atoms with Gasteiger partial charge in [0.25, 0.3) is 0 Å². The first-order valence-electron chi connectivity index (χ1n) is 9.07. The van der Waals surface area contributed by atoms with Crippen LogP contribution in [0.5, 0.6) is 5.75 Å². The van der Waals surface area contributed by atoms with E-state index < -0.39 is 30.0 Å². The topological polar surface area (TPSA) is 40.5 Å². The van der Waals surface area contributed by atoms with Gasteiger partial charge in [-0.2, -0.15) is 13.2 Å². The van der Waals surface area contributed by atoms with Crippen molar-refractivity contribution in [3.05, 3.63) is 77.9 Å². The molecule has 0 saturated heterocycles. The molecule has 0 bridgehead atoms. The highest BCUT2D eigenvalue weighted by Gasteiger charge is 2.55. The fraction of sp³-hybridized carbons (Fsp3) is 0.304. The van der Waals surface area contributed by atoms with E-state index in [4.69, 9.17) is 0 Å². The minimum atomic E-state index is -4.81. The van der Waals surface area contributed by atoms with Crippen LogP contribution in [0, 0.1) is 0 Å². The van der Waals surface area contributed by atoms with E-state index in [1.807, 2.05) is 18.2 Å². The van der Waals surface area contributed by atoms with Gasteiger partial charge in [-0.25, -0.2) is 0 Å². The van der Waals surface area contributed by atoms with Crippen LogP contribution >= 0.6 is 0 Å². The summed E-state index contributed by atoms with van der Waals surface area (Å²) in [6.07, 6.45) is -5.88. The summed E-state index contributed by atoms with van der Waals surface area (Å²) in [5.41, 5.74) is -2.93. The van der Waals surface area contributed by atoms with Crippen LogP contribution in [0.25, 0.3) is 10.8 Å². The highest BCUT2D eigenvalue weighted by molar-refractivity contribution is 5.85. The third-order valence-electron chi connectivity index (χ3n) is 5.25. The molecule has 3 aromatic carbocycles. The van der Waals surface area contributed by atoms with Crippen molar-refractivity contribution >= 4 is 10.8 Å². The standard InChI is InChI=1S/C23H23F3O2/c1-21(2,18-10-6-11-19(27)13-18)15-22(28,23(24,25)26)14-17-9-5-8-16-7-3-4-12-20(16)17/h3-13,27-28H,14-15H2,1-2H3. The molecule has 0 aromatic heterocycles. The molecule has 1 unspecified atom stereocenters. The zero-order valence-electron chi connectivity index (χ0n) is 15.8. The van der Waals surface area contributed by atoms with E-state index in [0.717, 1.165) is 5.39 Å². The van der Waals surface area contributed by atoms with Gasteiger partial charge in [0.05, 0.1) is 0 Å². The predicted octanol–water partition coefficient (Wildman–Crippen LogP) is 5.75. The number of halogens is 3. The lowest BCUT2D eigenvalue weighted by Crippen LogP contribution is -2.50. The SMILES string of the molecule is CC(C)(CC(O)(Cc1cccc2ccccc12)C(F)(F)F)c1cccc(O)c1. The molecule has 2 N–H and O–H groups in total. The van der Waals surface area contributed by atoms with Gasteiger partial charge in [-0.1, -0.05) is 68.4 Å². The Labute approximate surface area is 162 Å². The van der Waals surface area contributed by atoms with Crippen LogP contribution < -0.4 is 0 Å². The molecule has 0 amide bonds. The second kappa shape index (κ2) is 7.13. The smallest absolute Gasteiger partial charge is 0.417 e. The number of hydrogen-bond acceptors (Lipinski definition) is 2. The minimum Gasteiger partial charge on any atom is -0.508 e. The van der Waals surface area contributed by atoms with E-state index in [2.05, 4.69) is 0 Å². The van der Waals surface area contributed by atoms with E-state index in [1.54, 1.807) is 50.2 Å².